The van der Waals surface area contributed by atoms with E-state index in [1.165, 1.54) is 29.0 Å². The van der Waals surface area contributed by atoms with Crippen molar-refractivity contribution in [3.8, 4) is 0 Å². The summed E-state index contributed by atoms with van der Waals surface area (Å²) in [6.07, 6.45) is 3.70. The molecule has 164 valence electrons. The van der Waals surface area contributed by atoms with E-state index in [9.17, 15) is 9.90 Å². The Kier molecular flexibility index (Phi) is 6.52. The number of fused-ring (bicyclic) bond motifs is 2. The highest BCUT2D eigenvalue weighted by molar-refractivity contribution is 9.10. The van der Waals surface area contributed by atoms with Crippen molar-refractivity contribution in [3.05, 3.63) is 62.6 Å². The van der Waals surface area contributed by atoms with Gasteiger partial charge in [-0.05, 0) is 72.4 Å². The summed E-state index contributed by atoms with van der Waals surface area (Å²) < 4.78 is 0.951. The number of thiophene rings is 1. The molecule has 1 unspecified atom stereocenters. The Morgan fingerprint density at radius 2 is 2.13 bits per heavy atom. The molecule has 0 spiro atoms. The molecule has 2 N–H and O–H groups in total. The van der Waals surface area contributed by atoms with Crippen LogP contribution in [0.5, 0.6) is 0 Å². The third-order valence-corrected chi connectivity index (χ3v) is 7.83. The number of pyridine rings is 1. The van der Waals surface area contributed by atoms with Gasteiger partial charge in [-0.3, -0.25) is 4.79 Å². The van der Waals surface area contributed by atoms with Gasteiger partial charge in [0.15, 0.2) is 0 Å². The van der Waals surface area contributed by atoms with Crippen LogP contribution in [0.2, 0.25) is 0 Å². The largest absolute Gasteiger partial charge is 0.396 e. The number of aromatic nitrogens is 1. The van der Waals surface area contributed by atoms with Gasteiger partial charge in [-0.1, -0.05) is 48.8 Å². The van der Waals surface area contributed by atoms with E-state index in [0.717, 1.165) is 33.1 Å². The molecule has 2 aromatic heterocycles. The number of aliphatic hydroxyl groups is 1. The fourth-order valence-corrected chi connectivity index (χ4v) is 5.73. The number of carbonyl (C=O) groups is 1. The Morgan fingerprint density at radius 1 is 1.32 bits per heavy atom. The molecule has 1 aliphatic rings. The van der Waals surface area contributed by atoms with Crippen LogP contribution >= 0.6 is 27.3 Å². The molecule has 6 heteroatoms. The summed E-state index contributed by atoms with van der Waals surface area (Å²) in [6, 6.07) is 11.8. The molecular formula is C25H29BrN2O2S. The van der Waals surface area contributed by atoms with Crippen LogP contribution in [-0.2, 0) is 12.8 Å². The van der Waals surface area contributed by atoms with Crippen molar-refractivity contribution in [3.63, 3.8) is 0 Å². The van der Waals surface area contributed by atoms with Crippen molar-refractivity contribution < 1.29 is 9.90 Å². The van der Waals surface area contributed by atoms with Gasteiger partial charge in [0.2, 0.25) is 0 Å². The van der Waals surface area contributed by atoms with Crippen molar-refractivity contribution in [2.75, 3.05) is 6.61 Å². The maximum Gasteiger partial charge on any atom is 0.261 e. The van der Waals surface area contributed by atoms with Crippen LogP contribution in [0.4, 0.5) is 0 Å². The van der Waals surface area contributed by atoms with Crippen molar-refractivity contribution in [1.29, 1.82) is 0 Å². The molecule has 0 fully saturated rings. The van der Waals surface area contributed by atoms with Gasteiger partial charge in [-0.25, -0.2) is 4.98 Å². The second-order valence-corrected chi connectivity index (χ2v) is 11.4. The maximum absolute atomic E-state index is 13.0. The molecule has 31 heavy (non-hydrogen) atoms. The first-order chi connectivity index (χ1) is 14.7. The van der Waals surface area contributed by atoms with Crippen LogP contribution in [0.3, 0.4) is 0 Å². The van der Waals surface area contributed by atoms with Gasteiger partial charge < -0.3 is 10.4 Å². The highest BCUT2D eigenvalue weighted by Gasteiger charge is 2.29. The van der Waals surface area contributed by atoms with Gasteiger partial charge in [-0.15, -0.1) is 11.3 Å². The van der Waals surface area contributed by atoms with E-state index >= 15 is 0 Å². The van der Waals surface area contributed by atoms with Crippen LogP contribution in [0.1, 0.15) is 66.1 Å². The summed E-state index contributed by atoms with van der Waals surface area (Å²) in [4.78, 5) is 19.5. The summed E-state index contributed by atoms with van der Waals surface area (Å²) in [5.74, 6) is 0.539. The summed E-state index contributed by atoms with van der Waals surface area (Å²) in [6.45, 7) is 6.95. The lowest BCUT2D eigenvalue weighted by Crippen LogP contribution is -2.28. The predicted octanol–water partition coefficient (Wildman–Crippen LogP) is 6.06. The van der Waals surface area contributed by atoms with E-state index in [4.69, 9.17) is 4.98 Å². The zero-order valence-corrected chi connectivity index (χ0v) is 20.6. The summed E-state index contributed by atoms with van der Waals surface area (Å²) >= 11 is 4.93. The lowest BCUT2D eigenvalue weighted by atomic mass is 9.71. The molecule has 2 heterocycles. The molecule has 0 bridgehead atoms. The number of benzene rings is 1. The van der Waals surface area contributed by atoms with Crippen molar-refractivity contribution in [2.45, 2.75) is 52.5 Å². The third kappa shape index (κ3) is 5.02. The predicted molar refractivity (Wildman–Crippen MR) is 131 cm³/mol. The second-order valence-electron chi connectivity index (χ2n) is 9.50. The number of halogens is 1. The Hall–Kier alpha value is -1.76. The molecule has 4 rings (SSSR count). The molecule has 3 aromatic rings. The van der Waals surface area contributed by atoms with E-state index < -0.39 is 0 Å². The first-order valence-electron chi connectivity index (χ1n) is 10.8. The fourth-order valence-electron chi connectivity index (χ4n) is 4.38. The van der Waals surface area contributed by atoms with Gasteiger partial charge >= 0.3 is 0 Å². The molecule has 0 radical (unpaired) electrons. The highest BCUT2D eigenvalue weighted by atomic mass is 79.9. The van der Waals surface area contributed by atoms with Crippen molar-refractivity contribution >= 4 is 43.4 Å². The summed E-state index contributed by atoms with van der Waals surface area (Å²) in [5.41, 5.74) is 3.78. The molecular weight excluding hydrogens is 472 g/mol. The average Bonchev–Trinajstić information content (AvgIpc) is 3.13. The van der Waals surface area contributed by atoms with Gasteiger partial charge in [-0.2, -0.15) is 0 Å². The number of aryl methyl sites for hydroxylation is 1. The number of hydrogen-bond donors (Lipinski definition) is 2. The van der Waals surface area contributed by atoms with E-state index in [-0.39, 0.29) is 18.6 Å². The number of rotatable bonds is 5. The Balaban J connectivity index is 1.57. The Labute approximate surface area is 196 Å². The van der Waals surface area contributed by atoms with E-state index in [1.54, 1.807) is 0 Å². The SMILES string of the molecule is CC(C)(C)[C@H]1CCc2nc3sc(C(=O)NC(CCO)c4cccc(Br)c4)cc3cc2C1. The normalized spacial score (nSPS) is 17.4. The number of nitrogens with zero attached hydrogens (tertiary/aromatic N) is 1. The number of amides is 1. The molecule has 4 nitrogen and oxygen atoms in total. The molecule has 1 amide bonds. The Bertz CT molecular complexity index is 1100. The van der Waals surface area contributed by atoms with Crippen LogP contribution in [0.25, 0.3) is 10.2 Å². The quantitative estimate of drug-likeness (QED) is 0.447. The van der Waals surface area contributed by atoms with E-state index in [0.29, 0.717) is 22.6 Å². The molecule has 1 aromatic carbocycles. The monoisotopic (exact) mass is 500 g/mol. The van der Waals surface area contributed by atoms with Crippen LogP contribution in [0.15, 0.2) is 40.9 Å². The highest BCUT2D eigenvalue weighted by Crippen LogP contribution is 2.38. The number of hydrogen-bond acceptors (Lipinski definition) is 4. The molecule has 0 aliphatic heterocycles. The van der Waals surface area contributed by atoms with Crippen molar-refractivity contribution in [1.82, 2.24) is 10.3 Å². The number of aliphatic hydroxyl groups excluding tert-OH is 1. The standard InChI is InChI=1S/C25H29BrN2O2S/c1-25(2,3)18-7-8-20-16(12-18)11-17-14-22(31-24(17)28-20)23(30)27-21(9-10-29)15-5-4-6-19(26)13-15/h4-6,11,13-14,18,21,29H,7-10,12H2,1-3H3,(H,27,30)/t18-,21?/m0/s1. The number of nitrogens with one attached hydrogen (secondary N) is 1. The first kappa shape index (κ1) is 22.4. The van der Waals surface area contributed by atoms with E-state index in [2.05, 4.69) is 48.1 Å². The molecule has 1 aliphatic carbocycles. The topological polar surface area (TPSA) is 62.2 Å². The first-order valence-corrected chi connectivity index (χ1v) is 12.4. The lowest BCUT2D eigenvalue weighted by Gasteiger charge is -2.34. The number of carbonyl (C=O) groups excluding carboxylic acids is 1. The summed E-state index contributed by atoms with van der Waals surface area (Å²) in [7, 11) is 0. The minimum absolute atomic E-state index is 0.00704. The minimum Gasteiger partial charge on any atom is -0.396 e. The third-order valence-electron chi connectivity index (χ3n) is 6.30. The maximum atomic E-state index is 13.0. The van der Waals surface area contributed by atoms with Crippen LogP contribution in [-0.4, -0.2) is 22.6 Å². The minimum atomic E-state index is -0.242. The average molecular weight is 501 g/mol. The van der Waals surface area contributed by atoms with Crippen LogP contribution < -0.4 is 5.32 Å². The molecule has 0 saturated carbocycles. The van der Waals surface area contributed by atoms with Gasteiger partial charge in [0.05, 0.1) is 10.9 Å². The van der Waals surface area contributed by atoms with Gasteiger partial charge in [0.25, 0.3) is 5.91 Å². The van der Waals surface area contributed by atoms with Gasteiger partial charge in [0.1, 0.15) is 4.83 Å². The van der Waals surface area contributed by atoms with Crippen molar-refractivity contribution in [2.24, 2.45) is 11.3 Å². The fraction of sp³-hybridized carbons (Fsp3) is 0.440. The van der Waals surface area contributed by atoms with Gasteiger partial charge in [0, 0.05) is 22.2 Å². The molecule has 0 saturated heterocycles. The summed E-state index contributed by atoms with van der Waals surface area (Å²) in [5, 5.41) is 13.6. The second kappa shape index (κ2) is 9.00. The zero-order chi connectivity index (χ0) is 22.2. The zero-order valence-electron chi connectivity index (χ0n) is 18.2. The smallest absolute Gasteiger partial charge is 0.261 e. The van der Waals surface area contributed by atoms with Crippen LogP contribution in [0, 0.1) is 11.3 Å². The van der Waals surface area contributed by atoms with E-state index in [1.807, 2.05) is 30.3 Å². The molecule has 2 atom stereocenters. The Morgan fingerprint density at radius 3 is 2.84 bits per heavy atom. The lowest BCUT2D eigenvalue weighted by molar-refractivity contribution is 0.0934.